The highest BCUT2D eigenvalue weighted by molar-refractivity contribution is 14.1. The van der Waals surface area contributed by atoms with Gasteiger partial charge in [-0.05, 0) is 59.9 Å². The van der Waals surface area contributed by atoms with E-state index >= 15 is 0 Å². The van der Waals surface area contributed by atoms with E-state index in [1.165, 1.54) is 0 Å². The van der Waals surface area contributed by atoms with Crippen molar-refractivity contribution >= 4 is 28.7 Å². The highest BCUT2D eigenvalue weighted by Gasteiger charge is 2.38. The van der Waals surface area contributed by atoms with Gasteiger partial charge in [-0.3, -0.25) is 4.90 Å². The Bertz CT molecular complexity index is 448. The fraction of sp³-hybridized carbons (Fsp3) is 0.500. The van der Waals surface area contributed by atoms with Crippen molar-refractivity contribution < 1.29 is 15.0 Å². The summed E-state index contributed by atoms with van der Waals surface area (Å²) in [7, 11) is 0. The zero-order chi connectivity index (χ0) is 13.8. The normalized spacial score (nSPS) is 16.1. The van der Waals surface area contributed by atoms with E-state index in [4.69, 9.17) is 5.11 Å². The monoisotopic (exact) mass is 375 g/mol. The fourth-order valence-corrected chi connectivity index (χ4v) is 3.12. The van der Waals surface area contributed by atoms with Gasteiger partial charge in [-0.15, -0.1) is 0 Å². The lowest BCUT2D eigenvalue weighted by Crippen LogP contribution is -2.36. The molecule has 0 unspecified atom stereocenters. The van der Waals surface area contributed by atoms with E-state index < -0.39 is 6.09 Å². The number of carboxylic acid groups (broad SMARTS) is 1. The van der Waals surface area contributed by atoms with Gasteiger partial charge in [-0.25, -0.2) is 4.79 Å². The maximum absolute atomic E-state index is 11.5. The molecule has 1 fully saturated rings. The summed E-state index contributed by atoms with van der Waals surface area (Å²) in [5.41, 5.74) is 1.05. The van der Waals surface area contributed by atoms with Crippen LogP contribution in [0.25, 0.3) is 0 Å². The van der Waals surface area contributed by atoms with E-state index in [0.29, 0.717) is 12.8 Å². The minimum absolute atomic E-state index is 0.0953. The van der Waals surface area contributed by atoms with Crippen LogP contribution < -0.4 is 0 Å². The topological polar surface area (TPSA) is 60.8 Å². The van der Waals surface area contributed by atoms with Crippen molar-refractivity contribution in [2.45, 2.75) is 37.8 Å². The summed E-state index contributed by atoms with van der Waals surface area (Å²) < 4.78 is 1.08. The van der Waals surface area contributed by atoms with Crippen LogP contribution in [0.3, 0.4) is 0 Å². The Kier molecular flexibility index (Phi) is 5.04. The third-order valence-corrected chi connectivity index (χ3v) is 4.38. The number of benzene rings is 1. The van der Waals surface area contributed by atoms with Crippen molar-refractivity contribution in [1.29, 1.82) is 0 Å². The number of halogens is 1. The number of nitrogens with zero attached hydrogens (tertiary/aromatic N) is 1. The van der Waals surface area contributed by atoms with Gasteiger partial charge in [0.2, 0.25) is 0 Å². The molecular formula is C14H18INO3. The number of carbonyl (C=O) groups is 1. The average molecular weight is 375 g/mol. The number of hydrogen-bond donors (Lipinski definition) is 2. The number of aliphatic hydroxyl groups excluding tert-OH is 1. The van der Waals surface area contributed by atoms with E-state index in [0.717, 1.165) is 22.0 Å². The summed E-state index contributed by atoms with van der Waals surface area (Å²) in [6, 6.07) is 7.88. The van der Waals surface area contributed by atoms with Crippen LogP contribution in [0.5, 0.6) is 0 Å². The molecule has 1 saturated carbocycles. The molecular weight excluding hydrogens is 357 g/mol. The highest BCUT2D eigenvalue weighted by Crippen LogP contribution is 2.38. The number of hydrogen-bond acceptors (Lipinski definition) is 2. The minimum atomic E-state index is -0.856. The van der Waals surface area contributed by atoms with Crippen molar-refractivity contribution in [2.75, 3.05) is 6.61 Å². The van der Waals surface area contributed by atoms with E-state index in [-0.39, 0.29) is 18.7 Å². The molecule has 1 aromatic rings. The van der Waals surface area contributed by atoms with E-state index in [9.17, 15) is 9.90 Å². The van der Waals surface area contributed by atoms with Gasteiger partial charge in [0, 0.05) is 16.2 Å². The summed E-state index contributed by atoms with van der Waals surface area (Å²) in [6.07, 6.45) is 2.33. The van der Waals surface area contributed by atoms with E-state index in [1.807, 2.05) is 24.3 Å². The Morgan fingerprint density at radius 2 is 2.11 bits per heavy atom. The standard InChI is InChI=1S/C14H18INO3/c15-12-5-2-1-4-11(12)13(6-3-9-17)16(14(18)19)10-7-8-10/h1-2,4-5,10,13,17H,3,6-9H2,(H,18,19)/t13-/m0/s1. The van der Waals surface area contributed by atoms with Gasteiger partial charge in [-0.2, -0.15) is 0 Å². The largest absolute Gasteiger partial charge is 0.465 e. The van der Waals surface area contributed by atoms with Crippen LogP contribution in [-0.2, 0) is 0 Å². The molecule has 0 saturated heterocycles. The lowest BCUT2D eigenvalue weighted by Gasteiger charge is -2.30. The Labute approximate surface area is 126 Å². The molecule has 2 rings (SSSR count). The molecule has 1 amide bonds. The van der Waals surface area contributed by atoms with Crippen molar-refractivity contribution in [3.8, 4) is 0 Å². The SMILES string of the molecule is O=C(O)N(C1CC1)[C@@H](CCCO)c1ccccc1I. The number of amides is 1. The first-order valence-corrected chi connectivity index (χ1v) is 7.59. The number of rotatable bonds is 6. The summed E-state index contributed by atoms with van der Waals surface area (Å²) in [4.78, 5) is 13.1. The molecule has 0 aliphatic heterocycles. The van der Waals surface area contributed by atoms with Crippen molar-refractivity contribution in [3.63, 3.8) is 0 Å². The molecule has 4 nitrogen and oxygen atoms in total. The van der Waals surface area contributed by atoms with Crippen LogP contribution in [0.1, 0.15) is 37.3 Å². The molecule has 0 spiro atoms. The van der Waals surface area contributed by atoms with Crippen LogP contribution in [-0.4, -0.2) is 33.9 Å². The summed E-state index contributed by atoms with van der Waals surface area (Å²) in [5.74, 6) is 0. The quantitative estimate of drug-likeness (QED) is 0.751. The molecule has 0 radical (unpaired) electrons. The predicted molar refractivity (Wildman–Crippen MR) is 81.1 cm³/mol. The van der Waals surface area contributed by atoms with Crippen LogP contribution in [0, 0.1) is 3.57 Å². The maximum Gasteiger partial charge on any atom is 0.408 e. The van der Waals surface area contributed by atoms with Gasteiger partial charge in [0.05, 0.1) is 6.04 Å². The van der Waals surface area contributed by atoms with Crippen LogP contribution in [0.2, 0.25) is 0 Å². The Balaban J connectivity index is 2.28. The molecule has 0 aromatic heterocycles. The third-order valence-electron chi connectivity index (χ3n) is 3.40. The van der Waals surface area contributed by atoms with Crippen molar-refractivity contribution in [2.24, 2.45) is 0 Å². The molecule has 0 heterocycles. The molecule has 5 heteroatoms. The van der Waals surface area contributed by atoms with Crippen molar-refractivity contribution in [1.82, 2.24) is 4.90 Å². The summed E-state index contributed by atoms with van der Waals surface area (Å²) >= 11 is 2.25. The fourth-order valence-electron chi connectivity index (χ4n) is 2.37. The van der Waals surface area contributed by atoms with Gasteiger partial charge in [-0.1, -0.05) is 18.2 Å². The molecule has 1 aliphatic carbocycles. The van der Waals surface area contributed by atoms with Crippen LogP contribution >= 0.6 is 22.6 Å². The molecule has 104 valence electrons. The second-order valence-electron chi connectivity index (χ2n) is 4.82. The van der Waals surface area contributed by atoms with Crippen LogP contribution in [0.15, 0.2) is 24.3 Å². The van der Waals surface area contributed by atoms with Gasteiger partial charge < -0.3 is 10.2 Å². The smallest absolute Gasteiger partial charge is 0.408 e. The zero-order valence-corrected chi connectivity index (χ0v) is 12.8. The van der Waals surface area contributed by atoms with Crippen LogP contribution in [0.4, 0.5) is 4.79 Å². The lowest BCUT2D eigenvalue weighted by atomic mass is 10.0. The molecule has 2 N–H and O–H groups in total. The molecule has 0 bridgehead atoms. The van der Waals surface area contributed by atoms with Gasteiger partial charge >= 0.3 is 6.09 Å². The average Bonchev–Trinajstić information content (AvgIpc) is 3.19. The Hall–Kier alpha value is -0.820. The predicted octanol–water partition coefficient (Wildman–Crippen LogP) is 3.25. The minimum Gasteiger partial charge on any atom is -0.465 e. The number of aliphatic hydroxyl groups is 1. The summed E-state index contributed by atoms with van der Waals surface area (Å²) in [5, 5.41) is 18.5. The zero-order valence-electron chi connectivity index (χ0n) is 10.6. The Morgan fingerprint density at radius 3 is 2.63 bits per heavy atom. The second-order valence-corrected chi connectivity index (χ2v) is 5.99. The van der Waals surface area contributed by atoms with E-state index in [2.05, 4.69) is 22.6 Å². The molecule has 1 aromatic carbocycles. The maximum atomic E-state index is 11.5. The highest BCUT2D eigenvalue weighted by atomic mass is 127. The third kappa shape index (κ3) is 3.60. The van der Waals surface area contributed by atoms with Gasteiger partial charge in [0.25, 0.3) is 0 Å². The van der Waals surface area contributed by atoms with E-state index in [1.54, 1.807) is 4.90 Å². The first-order valence-electron chi connectivity index (χ1n) is 6.51. The van der Waals surface area contributed by atoms with Gasteiger partial charge in [0.15, 0.2) is 0 Å². The lowest BCUT2D eigenvalue weighted by molar-refractivity contribution is 0.113. The first-order chi connectivity index (χ1) is 9.15. The second kappa shape index (κ2) is 6.56. The van der Waals surface area contributed by atoms with Crippen molar-refractivity contribution in [3.05, 3.63) is 33.4 Å². The van der Waals surface area contributed by atoms with Gasteiger partial charge in [0.1, 0.15) is 0 Å². The first kappa shape index (κ1) is 14.6. The molecule has 19 heavy (non-hydrogen) atoms. The summed E-state index contributed by atoms with van der Waals surface area (Å²) in [6.45, 7) is 0.0953. The molecule has 1 atom stereocenters. The Morgan fingerprint density at radius 1 is 1.42 bits per heavy atom. The molecule has 1 aliphatic rings.